The normalized spacial score (nSPS) is 18.6. The minimum absolute atomic E-state index is 0.0389. The maximum Gasteiger partial charge on any atom is 0.221 e. The summed E-state index contributed by atoms with van der Waals surface area (Å²) in [5.41, 5.74) is 5.12. The van der Waals surface area contributed by atoms with Crippen molar-refractivity contribution in [2.45, 2.75) is 85.5 Å². The lowest BCUT2D eigenvalue weighted by atomic mass is 9.60. The van der Waals surface area contributed by atoms with Gasteiger partial charge in [0.25, 0.3) is 0 Å². The molecule has 1 N–H and O–H groups in total. The molecule has 1 amide bonds. The van der Waals surface area contributed by atoms with Crippen molar-refractivity contribution in [1.82, 2.24) is 15.1 Å². The number of carbonyl (C=O) groups excluding carboxylic acids is 2. The van der Waals surface area contributed by atoms with Crippen LogP contribution in [0.15, 0.2) is 121 Å². The number of ketones is 1. The topological polar surface area (TPSA) is 52.7 Å². The van der Waals surface area contributed by atoms with Gasteiger partial charge in [0.1, 0.15) is 5.78 Å². The van der Waals surface area contributed by atoms with Gasteiger partial charge in [-0.05, 0) is 58.3 Å². The summed E-state index contributed by atoms with van der Waals surface area (Å²) in [6, 6.07) is 42.0. The van der Waals surface area contributed by atoms with E-state index in [1.165, 1.54) is 22.3 Å². The van der Waals surface area contributed by atoms with Crippen LogP contribution in [0, 0.1) is 16.7 Å². The number of Topliss-reactive ketones (excluding diaryl/α,β-unsaturated/α-hetero) is 1. The van der Waals surface area contributed by atoms with Crippen molar-refractivity contribution < 1.29 is 9.59 Å². The Hall–Kier alpha value is -4.06. The summed E-state index contributed by atoms with van der Waals surface area (Å²) >= 11 is 0. The molecule has 5 rings (SSSR count). The third-order valence-electron chi connectivity index (χ3n) is 10.1. The second-order valence-corrected chi connectivity index (χ2v) is 15.8. The highest BCUT2D eigenvalue weighted by atomic mass is 16.1. The van der Waals surface area contributed by atoms with Crippen LogP contribution in [-0.4, -0.2) is 41.1 Å². The van der Waals surface area contributed by atoms with Gasteiger partial charge in [-0.2, -0.15) is 0 Å². The molecule has 0 aromatic heterocycles. The SMILES string of the molecule is CC1(C)CC(CC(=O)CCN(Cc2ccccc2)Cc2ccccc2)CC(C)(CNC(=O)CCN(Cc2ccccc2)Cc2ccccc2)C1. The second-order valence-electron chi connectivity index (χ2n) is 15.8. The van der Waals surface area contributed by atoms with E-state index in [0.717, 1.165) is 52.0 Å². The number of hydrogen-bond donors (Lipinski definition) is 1. The largest absolute Gasteiger partial charge is 0.356 e. The van der Waals surface area contributed by atoms with E-state index in [9.17, 15) is 9.59 Å². The monoisotopic (exact) mass is 671 g/mol. The predicted molar refractivity (Wildman–Crippen MR) is 205 cm³/mol. The van der Waals surface area contributed by atoms with Crippen molar-refractivity contribution >= 4 is 11.7 Å². The van der Waals surface area contributed by atoms with Gasteiger partial charge in [-0.15, -0.1) is 0 Å². The molecule has 0 heterocycles. The zero-order valence-corrected chi connectivity index (χ0v) is 30.5. The highest BCUT2D eigenvalue weighted by molar-refractivity contribution is 5.79. The summed E-state index contributed by atoms with van der Waals surface area (Å²) < 4.78 is 0. The van der Waals surface area contributed by atoms with Crippen molar-refractivity contribution in [2.24, 2.45) is 16.7 Å². The smallest absolute Gasteiger partial charge is 0.221 e. The van der Waals surface area contributed by atoms with E-state index in [1.807, 2.05) is 24.3 Å². The molecule has 0 saturated heterocycles. The first-order valence-corrected chi connectivity index (χ1v) is 18.5. The van der Waals surface area contributed by atoms with E-state index < -0.39 is 0 Å². The van der Waals surface area contributed by atoms with Crippen LogP contribution in [0.4, 0.5) is 0 Å². The highest BCUT2D eigenvalue weighted by Crippen LogP contribution is 2.49. The van der Waals surface area contributed by atoms with Crippen molar-refractivity contribution in [3.8, 4) is 0 Å². The molecule has 0 radical (unpaired) electrons. The predicted octanol–water partition coefficient (Wildman–Crippen LogP) is 9.08. The molecule has 4 aromatic carbocycles. The average molecular weight is 672 g/mol. The number of hydrogen-bond acceptors (Lipinski definition) is 4. The Bertz CT molecular complexity index is 1510. The van der Waals surface area contributed by atoms with Crippen LogP contribution < -0.4 is 5.32 Å². The molecule has 0 spiro atoms. The maximum absolute atomic E-state index is 13.5. The number of nitrogens with zero attached hydrogens (tertiary/aromatic N) is 2. The molecule has 0 aliphatic heterocycles. The highest BCUT2D eigenvalue weighted by Gasteiger charge is 2.41. The van der Waals surface area contributed by atoms with Crippen LogP contribution in [0.5, 0.6) is 0 Å². The number of rotatable bonds is 18. The van der Waals surface area contributed by atoms with Gasteiger partial charge in [-0.1, -0.05) is 142 Å². The van der Waals surface area contributed by atoms with Gasteiger partial charge in [0.05, 0.1) is 0 Å². The Kier molecular flexibility index (Phi) is 13.6. The molecular weight excluding hydrogens is 615 g/mol. The van der Waals surface area contributed by atoms with E-state index in [2.05, 4.69) is 133 Å². The molecule has 50 heavy (non-hydrogen) atoms. The molecular formula is C45H57N3O2. The molecule has 1 saturated carbocycles. The van der Waals surface area contributed by atoms with E-state index >= 15 is 0 Å². The summed E-state index contributed by atoms with van der Waals surface area (Å²) in [6.45, 7) is 12.3. The summed E-state index contributed by atoms with van der Waals surface area (Å²) in [4.78, 5) is 31.5. The zero-order valence-electron chi connectivity index (χ0n) is 30.5. The first-order chi connectivity index (χ1) is 24.1. The lowest BCUT2D eigenvalue weighted by Crippen LogP contribution is -2.44. The van der Waals surface area contributed by atoms with Gasteiger partial charge in [0.15, 0.2) is 0 Å². The van der Waals surface area contributed by atoms with E-state index in [4.69, 9.17) is 0 Å². The van der Waals surface area contributed by atoms with Crippen molar-refractivity contribution in [3.05, 3.63) is 144 Å². The van der Waals surface area contributed by atoms with E-state index in [-0.39, 0.29) is 16.7 Å². The maximum atomic E-state index is 13.5. The zero-order chi connectivity index (χ0) is 35.2. The number of carbonyl (C=O) groups is 2. The van der Waals surface area contributed by atoms with E-state index in [0.29, 0.717) is 44.1 Å². The molecule has 0 bridgehead atoms. The fraction of sp³-hybridized carbons (Fsp3) is 0.422. The first kappa shape index (κ1) is 37.2. The fourth-order valence-corrected chi connectivity index (χ4v) is 8.29. The minimum atomic E-state index is -0.0389. The van der Waals surface area contributed by atoms with Crippen molar-refractivity contribution in [1.29, 1.82) is 0 Å². The molecule has 5 nitrogen and oxygen atoms in total. The van der Waals surface area contributed by atoms with Gasteiger partial charge in [0, 0.05) is 65.1 Å². The van der Waals surface area contributed by atoms with E-state index in [1.54, 1.807) is 0 Å². The Labute approximate surface area is 301 Å². The van der Waals surface area contributed by atoms with Gasteiger partial charge in [-0.25, -0.2) is 0 Å². The van der Waals surface area contributed by atoms with Crippen LogP contribution in [0.3, 0.4) is 0 Å². The molecule has 1 fully saturated rings. The van der Waals surface area contributed by atoms with Crippen LogP contribution in [0.2, 0.25) is 0 Å². The third kappa shape index (κ3) is 12.7. The summed E-state index contributed by atoms with van der Waals surface area (Å²) in [5.74, 6) is 0.782. The quantitative estimate of drug-likeness (QED) is 0.115. The van der Waals surface area contributed by atoms with Crippen LogP contribution in [0.1, 0.15) is 81.5 Å². The fourth-order valence-electron chi connectivity index (χ4n) is 8.29. The summed E-state index contributed by atoms with van der Waals surface area (Å²) in [6.07, 6.45) is 4.70. The average Bonchev–Trinajstić information content (AvgIpc) is 3.10. The lowest BCUT2D eigenvalue weighted by Gasteiger charge is -2.47. The van der Waals surface area contributed by atoms with Gasteiger partial charge < -0.3 is 5.32 Å². The van der Waals surface area contributed by atoms with Crippen LogP contribution in [0.25, 0.3) is 0 Å². The Morgan fingerprint density at radius 2 is 1.00 bits per heavy atom. The number of amides is 1. The minimum Gasteiger partial charge on any atom is -0.356 e. The third-order valence-corrected chi connectivity index (χ3v) is 10.1. The lowest BCUT2D eigenvalue weighted by molar-refractivity contribution is -0.124. The summed E-state index contributed by atoms with van der Waals surface area (Å²) in [7, 11) is 0. The Balaban J connectivity index is 1.12. The molecule has 2 atom stereocenters. The molecule has 5 heteroatoms. The Morgan fingerprint density at radius 3 is 1.42 bits per heavy atom. The Morgan fingerprint density at radius 1 is 0.600 bits per heavy atom. The molecule has 1 aliphatic carbocycles. The second kappa shape index (κ2) is 18.3. The first-order valence-electron chi connectivity index (χ1n) is 18.5. The molecule has 1 aliphatic rings. The van der Waals surface area contributed by atoms with Gasteiger partial charge in [0.2, 0.25) is 5.91 Å². The molecule has 2 unspecified atom stereocenters. The van der Waals surface area contributed by atoms with Crippen molar-refractivity contribution in [2.75, 3.05) is 19.6 Å². The number of nitrogens with one attached hydrogen (secondary N) is 1. The van der Waals surface area contributed by atoms with Crippen molar-refractivity contribution in [3.63, 3.8) is 0 Å². The molecule has 264 valence electrons. The van der Waals surface area contributed by atoms with Crippen LogP contribution >= 0.6 is 0 Å². The van der Waals surface area contributed by atoms with Gasteiger partial charge >= 0.3 is 0 Å². The van der Waals surface area contributed by atoms with Crippen LogP contribution in [-0.2, 0) is 35.8 Å². The van der Waals surface area contributed by atoms with Gasteiger partial charge in [-0.3, -0.25) is 19.4 Å². The number of benzene rings is 4. The summed E-state index contributed by atoms with van der Waals surface area (Å²) in [5, 5.41) is 3.32. The molecule has 4 aromatic rings. The standard InChI is InChI=1S/C45H57N3O2/c1-44(2)29-41(28-42(49)24-26-47(31-37-16-8-4-9-17-37)32-38-18-10-5-11-19-38)30-45(3,35-44)36-46-43(50)25-27-48(33-39-20-12-6-13-21-39)34-40-22-14-7-15-23-40/h4-23,41H,24-36H2,1-3H3,(H,46,50).